The van der Waals surface area contributed by atoms with Gasteiger partial charge in [-0.15, -0.1) is 0 Å². The van der Waals surface area contributed by atoms with E-state index in [1.165, 1.54) is 46.5 Å². The van der Waals surface area contributed by atoms with E-state index in [-0.39, 0.29) is 5.69 Å². The van der Waals surface area contributed by atoms with E-state index in [4.69, 9.17) is 14.2 Å². The van der Waals surface area contributed by atoms with E-state index < -0.39 is 23.7 Å². The quantitative estimate of drug-likeness (QED) is 0.733. The van der Waals surface area contributed by atoms with E-state index in [1.807, 2.05) is 0 Å². The van der Waals surface area contributed by atoms with Crippen LogP contribution in [-0.4, -0.2) is 33.3 Å². The van der Waals surface area contributed by atoms with Crippen LogP contribution in [0.2, 0.25) is 0 Å². The number of alkyl halides is 3. The number of anilines is 2. The zero-order valence-corrected chi connectivity index (χ0v) is 15.8. The molecule has 0 aromatic heterocycles. The predicted molar refractivity (Wildman–Crippen MR) is 99.3 cm³/mol. The van der Waals surface area contributed by atoms with E-state index in [9.17, 15) is 18.0 Å². The van der Waals surface area contributed by atoms with Gasteiger partial charge in [0.25, 0.3) is 0 Å². The molecule has 1 amide bonds. The third kappa shape index (κ3) is 4.79. The van der Waals surface area contributed by atoms with Crippen LogP contribution in [-0.2, 0) is 11.0 Å². The number of amides is 1. The van der Waals surface area contributed by atoms with Crippen molar-refractivity contribution >= 4 is 17.3 Å². The summed E-state index contributed by atoms with van der Waals surface area (Å²) >= 11 is 0. The molecule has 0 saturated carbocycles. The molecule has 0 fully saturated rings. The molecule has 0 bridgehead atoms. The van der Waals surface area contributed by atoms with Crippen LogP contribution in [0, 0.1) is 0 Å². The molecule has 2 rings (SSSR count). The molecular formula is C19H21F3N2O4. The number of hydrogen-bond donors (Lipinski definition) is 2. The van der Waals surface area contributed by atoms with Gasteiger partial charge in [-0.3, -0.25) is 4.79 Å². The average molecular weight is 398 g/mol. The summed E-state index contributed by atoms with van der Waals surface area (Å²) in [6.07, 6.45) is -4.57. The Bertz CT molecular complexity index is 815. The highest BCUT2D eigenvalue weighted by molar-refractivity contribution is 5.97. The molecule has 2 aromatic carbocycles. The Labute approximate surface area is 160 Å². The third-order valence-electron chi connectivity index (χ3n) is 3.93. The van der Waals surface area contributed by atoms with Crippen LogP contribution in [0.25, 0.3) is 0 Å². The Hall–Kier alpha value is -3.10. The average Bonchev–Trinajstić information content (AvgIpc) is 2.66. The maximum absolute atomic E-state index is 13.1. The van der Waals surface area contributed by atoms with Gasteiger partial charge in [-0.1, -0.05) is 12.1 Å². The standard InChI is InChI=1S/C19H21F3N2O4/c1-11(18(25)24-14-8-6-5-7-13(14)19(20,21)22)23-12-9-15(26-2)17(28-4)16(10-12)27-3/h5-11,23H,1-4H3,(H,24,25). The first kappa shape index (κ1) is 21.2. The highest BCUT2D eigenvalue weighted by atomic mass is 19.4. The SMILES string of the molecule is COc1cc(NC(C)C(=O)Nc2ccccc2C(F)(F)F)cc(OC)c1OC. The van der Waals surface area contributed by atoms with Crippen molar-refractivity contribution < 1.29 is 32.2 Å². The lowest BCUT2D eigenvalue weighted by Gasteiger charge is -2.19. The normalized spacial score (nSPS) is 12.1. The fraction of sp³-hybridized carbons (Fsp3) is 0.316. The first-order valence-electron chi connectivity index (χ1n) is 8.24. The number of benzene rings is 2. The van der Waals surface area contributed by atoms with Crippen LogP contribution in [0.5, 0.6) is 17.2 Å². The second-order valence-corrected chi connectivity index (χ2v) is 5.81. The van der Waals surface area contributed by atoms with Crippen molar-refractivity contribution in [3.8, 4) is 17.2 Å². The Balaban J connectivity index is 2.20. The van der Waals surface area contributed by atoms with Crippen LogP contribution in [0.3, 0.4) is 0 Å². The first-order chi connectivity index (χ1) is 13.2. The molecular weight excluding hydrogens is 377 g/mol. The summed E-state index contributed by atoms with van der Waals surface area (Å²) in [6, 6.07) is 7.13. The number of methoxy groups -OCH3 is 3. The number of hydrogen-bond acceptors (Lipinski definition) is 5. The van der Waals surface area contributed by atoms with Gasteiger partial charge < -0.3 is 24.8 Å². The Morgan fingerprint density at radius 3 is 2.07 bits per heavy atom. The highest BCUT2D eigenvalue weighted by Crippen LogP contribution is 2.40. The van der Waals surface area contributed by atoms with Crippen molar-refractivity contribution in [3.63, 3.8) is 0 Å². The predicted octanol–water partition coefficient (Wildman–Crippen LogP) is 4.17. The van der Waals surface area contributed by atoms with Crippen LogP contribution in [0.4, 0.5) is 24.5 Å². The Morgan fingerprint density at radius 1 is 1.00 bits per heavy atom. The van der Waals surface area contributed by atoms with Crippen LogP contribution in [0.15, 0.2) is 36.4 Å². The van der Waals surface area contributed by atoms with E-state index in [2.05, 4.69) is 10.6 Å². The molecule has 28 heavy (non-hydrogen) atoms. The molecule has 0 radical (unpaired) electrons. The van der Waals surface area contributed by atoms with Gasteiger partial charge in [-0.25, -0.2) is 0 Å². The summed E-state index contributed by atoms with van der Waals surface area (Å²) in [6.45, 7) is 1.52. The number of nitrogens with one attached hydrogen (secondary N) is 2. The molecule has 152 valence electrons. The molecule has 0 aliphatic carbocycles. The largest absolute Gasteiger partial charge is 0.493 e. The molecule has 1 atom stereocenters. The maximum Gasteiger partial charge on any atom is 0.418 e. The van der Waals surface area contributed by atoms with Gasteiger partial charge >= 0.3 is 6.18 Å². The van der Waals surface area contributed by atoms with Gasteiger partial charge in [0.05, 0.1) is 32.6 Å². The number of carbonyl (C=O) groups excluding carboxylic acids is 1. The van der Waals surface area contributed by atoms with Gasteiger partial charge in [0.2, 0.25) is 11.7 Å². The fourth-order valence-electron chi connectivity index (χ4n) is 2.56. The van der Waals surface area contributed by atoms with Crippen molar-refractivity contribution in [3.05, 3.63) is 42.0 Å². The summed E-state index contributed by atoms with van der Waals surface area (Å²) in [5.41, 5.74) is -0.747. The van der Waals surface area contributed by atoms with Gasteiger partial charge in [0.15, 0.2) is 11.5 Å². The maximum atomic E-state index is 13.1. The first-order valence-corrected chi connectivity index (χ1v) is 8.24. The number of para-hydroxylation sites is 1. The third-order valence-corrected chi connectivity index (χ3v) is 3.93. The van der Waals surface area contributed by atoms with Crippen molar-refractivity contribution in [2.24, 2.45) is 0 Å². The number of rotatable bonds is 7. The molecule has 6 nitrogen and oxygen atoms in total. The van der Waals surface area contributed by atoms with Crippen molar-refractivity contribution in [2.75, 3.05) is 32.0 Å². The summed E-state index contributed by atoms with van der Waals surface area (Å²) in [4.78, 5) is 12.4. The van der Waals surface area contributed by atoms with Gasteiger partial charge in [0, 0.05) is 17.8 Å². The number of ether oxygens (including phenoxy) is 3. The van der Waals surface area contributed by atoms with Crippen molar-refractivity contribution in [1.82, 2.24) is 0 Å². The van der Waals surface area contributed by atoms with E-state index in [1.54, 1.807) is 12.1 Å². The van der Waals surface area contributed by atoms with E-state index >= 15 is 0 Å². The molecule has 0 aliphatic heterocycles. The number of carbonyl (C=O) groups is 1. The molecule has 2 N–H and O–H groups in total. The second kappa shape index (κ2) is 8.73. The van der Waals surface area contributed by atoms with Crippen LogP contribution < -0.4 is 24.8 Å². The van der Waals surface area contributed by atoms with E-state index in [0.29, 0.717) is 22.9 Å². The van der Waals surface area contributed by atoms with Crippen LogP contribution >= 0.6 is 0 Å². The summed E-state index contributed by atoms with van der Waals surface area (Å²) in [7, 11) is 4.36. The molecule has 0 spiro atoms. The molecule has 0 heterocycles. The monoisotopic (exact) mass is 398 g/mol. The number of halogens is 3. The topological polar surface area (TPSA) is 68.8 Å². The molecule has 0 aliphatic rings. The van der Waals surface area contributed by atoms with E-state index in [0.717, 1.165) is 6.07 Å². The molecule has 2 aromatic rings. The second-order valence-electron chi connectivity index (χ2n) is 5.81. The minimum absolute atomic E-state index is 0.307. The minimum atomic E-state index is -4.57. The Morgan fingerprint density at radius 2 is 1.57 bits per heavy atom. The Kier molecular flexibility index (Phi) is 6.61. The van der Waals surface area contributed by atoms with Gasteiger partial charge in [0.1, 0.15) is 6.04 Å². The van der Waals surface area contributed by atoms with Crippen molar-refractivity contribution in [2.45, 2.75) is 19.1 Å². The highest BCUT2D eigenvalue weighted by Gasteiger charge is 2.33. The minimum Gasteiger partial charge on any atom is -0.493 e. The molecule has 0 saturated heterocycles. The fourth-order valence-corrected chi connectivity index (χ4v) is 2.56. The van der Waals surface area contributed by atoms with Crippen molar-refractivity contribution in [1.29, 1.82) is 0 Å². The van der Waals surface area contributed by atoms with Crippen LogP contribution in [0.1, 0.15) is 12.5 Å². The summed E-state index contributed by atoms with van der Waals surface area (Å²) in [5, 5.41) is 5.22. The smallest absolute Gasteiger partial charge is 0.418 e. The van der Waals surface area contributed by atoms with Gasteiger partial charge in [-0.2, -0.15) is 13.2 Å². The summed E-state index contributed by atoms with van der Waals surface area (Å²) in [5.74, 6) is 0.496. The van der Waals surface area contributed by atoms with Gasteiger partial charge in [-0.05, 0) is 19.1 Å². The zero-order valence-electron chi connectivity index (χ0n) is 15.8. The molecule has 9 heteroatoms. The lowest BCUT2D eigenvalue weighted by atomic mass is 10.1. The summed E-state index contributed by atoms with van der Waals surface area (Å²) < 4.78 is 54.9. The lowest BCUT2D eigenvalue weighted by molar-refractivity contribution is -0.137. The lowest BCUT2D eigenvalue weighted by Crippen LogP contribution is -2.32. The molecule has 1 unspecified atom stereocenters. The zero-order chi connectivity index (χ0) is 20.9.